The van der Waals surface area contributed by atoms with Gasteiger partial charge in [0.15, 0.2) is 0 Å². The molecule has 32 rings (SSSR count). The molecular weight excluding hydrogens is 1810 g/mol. The lowest BCUT2D eigenvalue weighted by atomic mass is 9.76. The molecule has 0 amide bonds. The van der Waals surface area contributed by atoms with Crippen molar-refractivity contribution in [3.8, 4) is 90.1 Å². The van der Waals surface area contributed by atoms with Crippen LogP contribution in [0.2, 0.25) is 0 Å². The Morgan fingerprint density at radius 3 is 0.573 bits per heavy atom. The van der Waals surface area contributed by atoms with E-state index in [0.29, 0.717) is 0 Å². The van der Waals surface area contributed by atoms with Gasteiger partial charge in [0.2, 0.25) is 0 Å². The Balaban J connectivity index is 0.000000104. The number of hydrogen-bond donors (Lipinski definition) is 0. The van der Waals surface area contributed by atoms with Crippen molar-refractivity contribution in [1.29, 1.82) is 0 Å². The van der Waals surface area contributed by atoms with E-state index in [4.69, 9.17) is 14.2 Å². The molecule has 0 spiro atoms. The van der Waals surface area contributed by atoms with E-state index >= 15 is 0 Å². The molecule has 0 aromatic heterocycles. The molecule has 29 aromatic carbocycles. The van der Waals surface area contributed by atoms with Gasteiger partial charge in [-0.3, -0.25) is 0 Å². The Morgan fingerprint density at radius 2 is 0.293 bits per heavy atom. The van der Waals surface area contributed by atoms with Crippen molar-refractivity contribution in [2.75, 3.05) is 0 Å². The summed E-state index contributed by atoms with van der Waals surface area (Å²) in [5, 5.41) is 36.6. The van der Waals surface area contributed by atoms with Crippen molar-refractivity contribution < 1.29 is 14.2 Å². The molecule has 3 heteroatoms. The van der Waals surface area contributed by atoms with Crippen LogP contribution < -0.4 is 14.2 Å². The van der Waals surface area contributed by atoms with E-state index in [1.807, 2.05) is 0 Å². The van der Waals surface area contributed by atoms with Gasteiger partial charge in [0, 0.05) is 83.5 Å². The van der Waals surface area contributed by atoms with Gasteiger partial charge in [-0.25, -0.2) is 0 Å². The minimum atomic E-state index is -0.0434. The standard InChI is InChI=1S/2C51H32O.C45H28O/c1-2-13-33(14-3-1)37-24-12-15-34-27-30-36(31-46(34)37)32-25-28-35(29-26-32)47-48-42-20-8-4-16-38(42)40-18-6-10-22-44(40)50(48)52-51-45-23-11-7-19-41(45)39-17-5-9-21-43(39)49(47)51;1-2-12-32(13-3-1)35-26-28-38-31-36(27-29-37(38)30-35)33-22-24-34(25-23-33)47-48-43-18-8-4-14-39(43)41-16-6-10-20-45(41)50(48)52-51-46-21-11-7-17-42(46)40-15-5-9-19-44(40)49(47)51;1-2-12-31-27-32(26-23-28(31)11-1)29-21-24-30(25-22-29)41-42-37-17-7-3-13-33(37)35-15-5-9-19-39(35)44(42)46-45-40-20-10-6-16-36(40)34-14-4-8-18-38(34)43(41)45/h2*1-31,47H;1-27,41H. The molecule has 0 aliphatic carbocycles. The van der Waals surface area contributed by atoms with Crippen LogP contribution >= 0.6 is 0 Å². The van der Waals surface area contributed by atoms with E-state index in [1.165, 1.54) is 235 Å². The van der Waals surface area contributed by atoms with Crippen molar-refractivity contribution in [2.24, 2.45) is 0 Å². The highest BCUT2D eigenvalue weighted by atomic mass is 16.5. The summed E-state index contributed by atoms with van der Waals surface area (Å²) in [5.41, 5.74) is 23.4. The molecule has 0 saturated carbocycles. The summed E-state index contributed by atoms with van der Waals surface area (Å²) in [6.45, 7) is 0. The average molecular weight is 1910 g/mol. The van der Waals surface area contributed by atoms with Crippen molar-refractivity contribution in [3.05, 3.63) is 590 Å². The van der Waals surface area contributed by atoms with Crippen molar-refractivity contribution in [2.45, 2.75) is 17.8 Å². The molecule has 0 N–H and O–H groups in total. The molecule has 698 valence electrons. The maximum absolute atomic E-state index is 7.25. The number of fused-ring (bicyclic) bond motifs is 39. The van der Waals surface area contributed by atoms with E-state index in [0.717, 1.165) is 66.8 Å². The van der Waals surface area contributed by atoms with Crippen LogP contribution in [-0.2, 0) is 0 Å². The fourth-order valence-electron chi connectivity index (χ4n) is 25.5. The van der Waals surface area contributed by atoms with E-state index in [-0.39, 0.29) is 17.8 Å². The third-order valence-electron chi connectivity index (χ3n) is 32.3. The highest BCUT2D eigenvalue weighted by molar-refractivity contribution is 6.22. The van der Waals surface area contributed by atoms with Gasteiger partial charge in [-0.15, -0.1) is 0 Å². The molecule has 3 nitrogen and oxygen atoms in total. The van der Waals surface area contributed by atoms with Crippen LogP contribution in [-0.4, -0.2) is 0 Å². The molecule has 0 saturated heterocycles. The zero-order valence-electron chi connectivity index (χ0n) is 81.8. The fourth-order valence-corrected chi connectivity index (χ4v) is 25.5. The van der Waals surface area contributed by atoms with Crippen molar-refractivity contribution in [1.82, 2.24) is 0 Å². The summed E-state index contributed by atoms with van der Waals surface area (Å²) in [6, 6.07) is 197. The normalized spacial score (nSPS) is 12.7. The Hall–Kier alpha value is -19.3. The number of benzene rings is 29. The maximum atomic E-state index is 7.25. The van der Waals surface area contributed by atoms with Crippen LogP contribution in [0.5, 0.6) is 34.5 Å². The topological polar surface area (TPSA) is 27.7 Å². The molecule has 3 heterocycles. The molecule has 0 fully saturated rings. The van der Waals surface area contributed by atoms with Crippen LogP contribution in [0, 0.1) is 0 Å². The first-order chi connectivity index (χ1) is 74.4. The molecule has 3 aliphatic heterocycles. The summed E-state index contributed by atoms with van der Waals surface area (Å²) >= 11 is 0. The first kappa shape index (κ1) is 86.2. The fraction of sp³-hybridized carbons (Fsp3) is 0.0204. The Morgan fingerprint density at radius 1 is 0.107 bits per heavy atom. The summed E-state index contributed by atoms with van der Waals surface area (Å²) in [5.74, 6) is 5.66. The maximum Gasteiger partial charge on any atom is 0.140 e. The Kier molecular flexibility index (Phi) is 20.3. The van der Waals surface area contributed by atoms with Crippen LogP contribution in [0.15, 0.2) is 540 Å². The zero-order valence-corrected chi connectivity index (χ0v) is 81.8. The summed E-state index contributed by atoms with van der Waals surface area (Å²) in [6.07, 6.45) is 0. The molecular formula is C147H92O3. The zero-order chi connectivity index (χ0) is 98.5. The molecule has 29 aromatic rings. The number of ether oxygens (including phenoxy) is 3. The Bertz CT molecular complexity index is 10300. The van der Waals surface area contributed by atoms with Crippen LogP contribution in [0.3, 0.4) is 0 Å². The van der Waals surface area contributed by atoms with E-state index < -0.39 is 0 Å². The van der Waals surface area contributed by atoms with Gasteiger partial charge in [0.1, 0.15) is 34.5 Å². The SMILES string of the molecule is c1ccc(-c2ccc3cc(-c4ccc(C5c6c(c7ccccc7c7ccccc67)Oc6c5c5ccccc5c5ccccc65)cc4)ccc3c2)cc1.c1ccc(-c2cccc3ccc(-c4ccc(C5c6c(c7ccccc7c7ccccc67)Oc6c5c5ccccc5c5ccccc65)cc4)cc23)cc1.c1ccc2cc(-c3ccc(C4c5c(c6ccccc6c6ccccc56)Oc5c4c4ccccc4c4ccccc54)cc3)ccc2c1. The highest BCUT2D eigenvalue weighted by Gasteiger charge is 2.40. The van der Waals surface area contributed by atoms with Gasteiger partial charge in [-0.05, 0) is 226 Å². The largest absolute Gasteiger partial charge is 0.455 e. The lowest BCUT2D eigenvalue weighted by Crippen LogP contribution is -2.14. The van der Waals surface area contributed by atoms with Gasteiger partial charge < -0.3 is 14.2 Å². The van der Waals surface area contributed by atoms with Gasteiger partial charge >= 0.3 is 0 Å². The van der Waals surface area contributed by atoms with Crippen LogP contribution in [0.25, 0.3) is 217 Å². The monoisotopic (exact) mass is 1900 g/mol. The lowest BCUT2D eigenvalue weighted by molar-refractivity contribution is 0.467. The molecule has 0 atom stereocenters. The second kappa shape index (κ2) is 35.3. The summed E-state index contributed by atoms with van der Waals surface area (Å²) < 4.78 is 21.7. The third kappa shape index (κ3) is 14.0. The predicted molar refractivity (Wildman–Crippen MR) is 631 cm³/mol. The van der Waals surface area contributed by atoms with Gasteiger partial charge in [0.25, 0.3) is 0 Å². The minimum absolute atomic E-state index is 0.0200. The quantitative estimate of drug-likeness (QED) is 0.142. The van der Waals surface area contributed by atoms with Gasteiger partial charge in [0.05, 0.1) is 0 Å². The third-order valence-corrected chi connectivity index (χ3v) is 32.3. The van der Waals surface area contributed by atoms with Crippen molar-refractivity contribution in [3.63, 3.8) is 0 Å². The first-order valence-electron chi connectivity index (χ1n) is 52.1. The second-order valence-corrected chi connectivity index (χ2v) is 40.3. The highest BCUT2D eigenvalue weighted by Crippen LogP contribution is 2.63. The minimum Gasteiger partial charge on any atom is -0.455 e. The van der Waals surface area contributed by atoms with Crippen molar-refractivity contribution >= 4 is 162 Å². The van der Waals surface area contributed by atoms with E-state index in [9.17, 15) is 0 Å². The number of hydrogen-bond acceptors (Lipinski definition) is 3. The van der Waals surface area contributed by atoms with Gasteiger partial charge in [-0.2, -0.15) is 0 Å². The molecule has 150 heavy (non-hydrogen) atoms. The Labute approximate surface area is 867 Å². The van der Waals surface area contributed by atoms with Gasteiger partial charge in [-0.1, -0.05) is 516 Å². The molecule has 0 radical (unpaired) electrons. The summed E-state index contributed by atoms with van der Waals surface area (Å²) in [4.78, 5) is 0. The smallest absolute Gasteiger partial charge is 0.140 e. The second-order valence-electron chi connectivity index (χ2n) is 40.3. The lowest BCUT2D eigenvalue weighted by Gasteiger charge is -2.33. The summed E-state index contributed by atoms with van der Waals surface area (Å²) in [7, 11) is 0. The predicted octanol–water partition coefficient (Wildman–Crippen LogP) is 40.6. The van der Waals surface area contributed by atoms with E-state index in [1.54, 1.807) is 0 Å². The van der Waals surface area contributed by atoms with Crippen LogP contribution in [0.4, 0.5) is 0 Å². The average Bonchev–Trinajstić information content (AvgIpc) is 0.705. The van der Waals surface area contributed by atoms with Crippen LogP contribution in [0.1, 0.15) is 67.8 Å². The first-order valence-corrected chi connectivity index (χ1v) is 52.1. The number of rotatable bonds is 8. The molecule has 0 bridgehead atoms. The van der Waals surface area contributed by atoms with E-state index in [2.05, 4.69) is 540 Å². The molecule has 3 aliphatic rings. The molecule has 0 unspecified atom stereocenters.